The molecule has 0 radical (unpaired) electrons. The summed E-state index contributed by atoms with van der Waals surface area (Å²) in [6.07, 6.45) is 0.792. The molecule has 0 fully saturated rings. The molecule has 0 aliphatic rings. The first-order valence-electron chi connectivity index (χ1n) is 6.82. The molecule has 0 aromatic heterocycles. The van der Waals surface area contributed by atoms with Crippen LogP contribution in [-0.4, -0.2) is 17.6 Å². The number of carbonyl (C=O) groups is 1. The first-order chi connectivity index (χ1) is 10.6. The molecule has 2 aromatic carbocycles. The maximum atomic E-state index is 11.8. The number of phenolic OH excluding ortho intramolecular Hbond substituents is 1. The van der Waals surface area contributed by atoms with Crippen LogP contribution in [0.2, 0.25) is 5.02 Å². The van der Waals surface area contributed by atoms with Gasteiger partial charge in [0.2, 0.25) is 5.91 Å². The lowest BCUT2D eigenvalue weighted by Crippen LogP contribution is -2.13. The van der Waals surface area contributed by atoms with Crippen molar-refractivity contribution >= 4 is 28.9 Å². The molecule has 0 bridgehead atoms. The first-order valence-corrected chi connectivity index (χ1v) is 7.20. The van der Waals surface area contributed by atoms with Gasteiger partial charge in [-0.15, -0.1) is 0 Å². The van der Waals surface area contributed by atoms with Gasteiger partial charge in [0, 0.05) is 11.4 Å². The van der Waals surface area contributed by atoms with Gasteiger partial charge in [-0.05, 0) is 36.8 Å². The van der Waals surface area contributed by atoms with Crippen LogP contribution in [0, 0.1) is 0 Å². The monoisotopic (exact) mass is 320 g/mol. The minimum Gasteiger partial charge on any atom is -0.506 e. The molecule has 0 heterocycles. The van der Waals surface area contributed by atoms with Gasteiger partial charge in [0.15, 0.2) is 0 Å². The van der Waals surface area contributed by atoms with E-state index in [0.717, 1.165) is 0 Å². The SMILES string of the molecule is Nc1ccccc1OCCCC(=O)Nc1cc(Cl)ccc1O. The zero-order valence-corrected chi connectivity index (χ0v) is 12.6. The molecule has 0 spiro atoms. The zero-order valence-electron chi connectivity index (χ0n) is 11.9. The molecular weight excluding hydrogens is 304 g/mol. The number of anilines is 2. The summed E-state index contributed by atoms with van der Waals surface area (Å²) in [5, 5.41) is 12.7. The van der Waals surface area contributed by atoms with E-state index in [1.165, 1.54) is 12.1 Å². The smallest absolute Gasteiger partial charge is 0.224 e. The van der Waals surface area contributed by atoms with Crippen LogP contribution in [0.15, 0.2) is 42.5 Å². The summed E-state index contributed by atoms with van der Waals surface area (Å²) in [5.41, 5.74) is 6.61. The third-order valence-corrected chi connectivity index (χ3v) is 3.19. The Morgan fingerprint density at radius 3 is 2.82 bits per heavy atom. The third-order valence-electron chi connectivity index (χ3n) is 2.96. The quantitative estimate of drug-likeness (QED) is 0.432. The number of benzene rings is 2. The Kier molecular flexibility index (Phi) is 5.49. The number of phenols is 1. The normalized spacial score (nSPS) is 10.2. The summed E-state index contributed by atoms with van der Waals surface area (Å²) >= 11 is 5.82. The Hall–Kier alpha value is -2.40. The number of hydrogen-bond acceptors (Lipinski definition) is 4. The summed E-state index contributed by atoms with van der Waals surface area (Å²) in [7, 11) is 0. The number of nitrogens with two attached hydrogens (primary N) is 1. The Balaban J connectivity index is 1.76. The van der Waals surface area contributed by atoms with Crippen molar-refractivity contribution in [3.05, 3.63) is 47.5 Å². The van der Waals surface area contributed by atoms with Gasteiger partial charge >= 0.3 is 0 Å². The number of carbonyl (C=O) groups excluding carboxylic acids is 1. The van der Waals surface area contributed by atoms with Crippen molar-refractivity contribution in [2.24, 2.45) is 0 Å². The molecule has 4 N–H and O–H groups in total. The summed E-state index contributed by atoms with van der Waals surface area (Å²) in [6.45, 7) is 0.378. The van der Waals surface area contributed by atoms with E-state index in [2.05, 4.69) is 5.32 Å². The minimum absolute atomic E-state index is 0.0222. The molecule has 0 aliphatic carbocycles. The fourth-order valence-corrected chi connectivity index (χ4v) is 2.02. The lowest BCUT2D eigenvalue weighted by atomic mass is 10.2. The third kappa shape index (κ3) is 4.56. The van der Waals surface area contributed by atoms with Gasteiger partial charge in [-0.3, -0.25) is 4.79 Å². The molecule has 0 aliphatic heterocycles. The lowest BCUT2D eigenvalue weighted by Gasteiger charge is -2.09. The molecule has 5 nitrogen and oxygen atoms in total. The Bertz CT molecular complexity index is 662. The van der Waals surface area contributed by atoms with Crippen LogP contribution in [0.4, 0.5) is 11.4 Å². The molecule has 0 unspecified atom stereocenters. The Morgan fingerprint density at radius 1 is 1.27 bits per heavy atom. The van der Waals surface area contributed by atoms with E-state index in [1.807, 2.05) is 12.1 Å². The van der Waals surface area contributed by atoms with E-state index < -0.39 is 0 Å². The maximum absolute atomic E-state index is 11.8. The zero-order chi connectivity index (χ0) is 15.9. The van der Waals surface area contributed by atoms with E-state index in [1.54, 1.807) is 18.2 Å². The highest BCUT2D eigenvalue weighted by Gasteiger charge is 2.07. The van der Waals surface area contributed by atoms with E-state index >= 15 is 0 Å². The van der Waals surface area contributed by atoms with Crippen LogP contribution in [0.3, 0.4) is 0 Å². The molecule has 116 valence electrons. The van der Waals surface area contributed by atoms with Crippen LogP contribution in [0.25, 0.3) is 0 Å². The largest absolute Gasteiger partial charge is 0.506 e. The number of ether oxygens (including phenoxy) is 1. The van der Waals surface area contributed by atoms with Crippen molar-refractivity contribution in [1.82, 2.24) is 0 Å². The average Bonchev–Trinajstić information content (AvgIpc) is 2.49. The van der Waals surface area contributed by atoms with Crippen LogP contribution in [-0.2, 0) is 4.79 Å². The van der Waals surface area contributed by atoms with Gasteiger partial charge in [-0.1, -0.05) is 23.7 Å². The predicted molar refractivity (Wildman–Crippen MR) is 87.3 cm³/mol. The van der Waals surface area contributed by atoms with Crippen molar-refractivity contribution in [3.63, 3.8) is 0 Å². The summed E-state index contributed by atoms with van der Waals surface area (Å²) in [4.78, 5) is 11.8. The van der Waals surface area contributed by atoms with Crippen molar-refractivity contribution < 1.29 is 14.6 Å². The number of para-hydroxylation sites is 2. The first kappa shape index (κ1) is 16.0. The average molecular weight is 321 g/mol. The Morgan fingerprint density at radius 2 is 2.05 bits per heavy atom. The highest BCUT2D eigenvalue weighted by Crippen LogP contribution is 2.26. The molecule has 2 aromatic rings. The van der Waals surface area contributed by atoms with Crippen molar-refractivity contribution in [1.29, 1.82) is 0 Å². The van der Waals surface area contributed by atoms with E-state index in [0.29, 0.717) is 35.2 Å². The van der Waals surface area contributed by atoms with Crippen LogP contribution < -0.4 is 15.8 Å². The molecule has 6 heteroatoms. The fraction of sp³-hybridized carbons (Fsp3) is 0.188. The second-order valence-corrected chi connectivity index (χ2v) is 5.14. The molecule has 1 amide bonds. The van der Waals surface area contributed by atoms with Crippen molar-refractivity contribution in [2.45, 2.75) is 12.8 Å². The Labute approximate surface area is 133 Å². The topological polar surface area (TPSA) is 84.6 Å². The second kappa shape index (κ2) is 7.56. The summed E-state index contributed by atoms with van der Waals surface area (Å²) < 4.78 is 5.50. The lowest BCUT2D eigenvalue weighted by molar-refractivity contribution is -0.116. The van der Waals surface area contributed by atoms with Crippen molar-refractivity contribution in [2.75, 3.05) is 17.7 Å². The van der Waals surface area contributed by atoms with Gasteiger partial charge in [0.1, 0.15) is 11.5 Å². The minimum atomic E-state index is -0.220. The fourth-order valence-electron chi connectivity index (χ4n) is 1.85. The van der Waals surface area contributed by atoms with E-state index in [9.17, 15) is 9.90 Å². The standard InChI is InChI=1S/C16H17ClN2O3/c17-11-7-8-14(20)13(10-11)19-16(21)6-3-9-22-15-5-2-1-4-12(15)18/h1-2,4-5,7-8,10,20H,3,6,9,18H2,(H,19,21). The summed E-state index contributed by atoms with van der Waals surface area (Å²) in [5.74, 6) is 0.364. The number of amides is 1. The highest BCUT2D eigenvalue weighted by molar-refractivity contribution is 6.31. The van der Waals surface area contributed by atoms with Gasteiger partial charge < -0.3 is 20.9 Å². The highest BCUT2D eigenvalue weighted by atomic mass is 35.5. The predicted octanol–water partition coefficient (Wildman–Crippen LogP) is 3.43. The van der Waals surface area contributed by atoms with Gasteiger partial charge in [0.05, 0.1) is 18.0 Å². The van der Waals surface area contributed by atoms with Gasteiger partial charge in [-0.2, -0.15) is 0 Å². The molecule has 0 saturated carbocycles. The number of nitrogen functional groups attached to an aromatic ring is 1. The number of rotatable bonds is 6. The second-order valence-electron chi connectivity index (χ2n) is 4.70. The number of halogens is 1. The molecular formula is C16H17ClN2O3. The van der Waals surface area contributed by atoms with Gasteiger partial charge in [-0.25, -0.2) is 0 Å². The van der Waals surface area contributed by atoms with E-state index in [4.69, 9.17) is 22.1 Å². The number of hydrogen-bond donors (Lipinski definition) is 3. The van der Waals surface area contributed by atoms with E-state index in [-0.39, 0.29) is 18.1 Å². The molecule has 0 saturated heterocycles. The van der Waals surface area contributed by atoms with Crippen LogP contribution in [0.1, 0.15) is 12.8 Å². The maximum Gasteiger partial charge on any atom is 0.224 e. The van der Waals surface area contributed by atoms with Gasteiger partial charge in [0.25, 0.3) is 0 Å². The van der Waals surface area contributed by atoms with Crippen LogP contribution in [0.5, 0.6) is 11.5 Å². The number of aromatic hydroxyl groups is 1. The van der Waals surface area contributed by atoms with Crippen molar-refractivity contribution in [3.8, 4) is 11.5 Å². The molecule has 22 heavy (non-hydrogen) atoms. The molecule has 2 rings (SSSR count). The molecule has 0 atom stereocenters. The van der Waals surface area contributed by atoms with Crippen LogP contribution >= 0.6 is 11.6 Å². The number of nitrogens with one attached hydrogen (secondary N) is 1. The summed E-state index contributed by atoms with van der Waals surface area (Å²) in [6, 6.07) is 11.7.